The molecule has 2 N–H and O–H groups in total. The number of carbonyl (C=O) groups excluding carboxylic acids is 1. The van der Waals surface area contributed by atoms with Gasteiger partial charge in [0.15, 0.2) is 0 Å². The molecule has 0 aliphatic heterocycles. The van der Waals surface area contributed by atoms with Gasteiger partial charge < -0.3 is 5.32 Å². The van der Waals surface area contributed by atoms with Crippen LogP contribution in [0.4, 0.5) is 42.5 Å². The van der Waals surface area contributed by atoms with Gasteiger partial charge in [-0.1, -0.05) is 30.3 Å². The maximum absolute atomic E-state index is 13.2. The molecule has 0 unspecified atom stereocenters. The molecule has 0 heterocycles. The molecule has 0 saturated carbocycles. The van der Waals surface area contributed by atoms with Gasteiger partial charge in [-0.15, -0.1) is 0 Å². The van der Waals surface area contributed by atoms with Gasteiger partial charge in [-0.2, -0.15) is 26.3 Å². The van der Waals surface area contributed by atoms with Gasteiger partial charge >= 0.3 is 18.4 Å². The Morgan fingerprint density at radius 3 is 2.00 bits per heavy atom. The van der Waals surface area contributed by atoms with Crippen LogP contribution in [-0.2, 0) is 22.4 Å². The van der Waals surface area contributed by atoms with Crippen LogP contribution in [0.15, 0.2) is 83.8 Å². The molecule has 0 radical (unpaired) electrons. The number of amides is 2. The third-order valence-electron chi connectivity index (χ3n) is 5.08. The molecule has 0 aliphatic carbocycles. The number of sulfonamides is 1. The minimum Gasteiger partial charge on any atom is -0.308 e. The third-order valence-corrected chi connectivity index (χ3v) is 6.55. The molecule has 2 amide bonds. The summed E-state index contributed by atoms with van der Waals surface area (Å²) in [5.41, 5.74) is -2.45. The predicted molar refractivity (Wildman–Crippen MR) is 126 cm³/mol. The Morgan fingerprint density at radius 1 is 0.784 bits per heavy atom. The van der Waals surface area contributed by atoms with Crippen LogP contribution in [0.1, 0.15) is 17.5 Å². The van der Waals surface area contributed by atoms with Gasteiger partial charge in [0, 0.05) is 24.5 Å². The zero-order valence-corrected chi connectivity index (χ0v) is 19.8. The number of hydrogen-bond acceptors (Lipinski definition) is 3. The maximum Gasteiger partial charge on any atom is 0.416 e. The number of anilines is 2. The maximum atomic E-state index is 13.2. The highest BCUT2D eigenvalue weighted by molar-refractivity contribution is 7.89. The molecule has 0 aromatic heterocycles. The molecule has 6 nitrogen and oxygen atoms in total. The fraction of sp³-hybridized carbons (Fsp3) is 0.208. The van der Waals surface area contributed by atoms with E-state index in [2.05, 4.69) is 10.0 Å². The van der Waals surface area contributed by atoms with Crippen molar-refractivity contribution in [1.82, 2.24) is 4.72 Å². The molecule has 0 saturated heterocycles. The SMILES string of the molecule is O=C(Nc1cccc(C(F)(F)F)c1)N(CCCNS(=O)(=O)c1ccccc1)c1cccc(C(F)(F)F)c1. The molecule has 3 rings (SSSR count). The van der Waals surface area contributed by atoms with E-state index in [1.54, 1.807) is 6.07 Å². The first kappa shape index (κ1) is 28.0. The van der Waals surface area contributed by atoms with Crippen LogP contribution in [0.2, 0.25) is 0 Å². The molecule has 0 bridgehead atoms. The minimum atomic E-state index is -4.70. The highest BCUT2D eigenvalue weighted by Crippen LogP contribution is 2.33. The summed E-state index contributed by atoms with van der Waals surface area (Å²) in [6, 6.07) is 14.1. The van der Waals surface area contributed by atoms with Gasteiger partial charge in [0.05, 0.1) is 16.0 Å². The summed E-state index contributed by atoms with van der Waals surface area (Å²) in [4.78, 5) is 13.9. The highest BCUT2D eigenvalue weighted by atomic mass is 32.2. The Balaban J connectivity index is 1.79. The molecule has 198 valence electrons. The number of urea groups is 1. The summed E-state index contributed by atoms with van der Waals surface area (Å²) in [5, 5.41) is 2.26. The molecule has 3 aromatic carbocycles. The third kappa shape index (κ3) is 7.70. The predicted octanol–water partition coefficient (Wildman–Crippen LogP) is 6.13. The van der Waals surface area contributed by atoms with Gasteiger partial charge in [0.25, 0.3) is 0 Å². The zero-order chi connectivity index (χ0) is 27.3. The Hall–Kier alpha value is -3.58. The molecule has 0 aliphatic rings. The largest absolute Gasteiger partial charge is 0.416 e. The fourth-order valence-electron chi connectivity index (χ4n) is 3.29. The lowest BCUT2D eigenvalue weighted by atomic mass is 10.1. The molecule has 0 spiro atoms. The normalized spacial score (nSPS) is 12.3. The van der Waals surface area contributed by atoms with Crippen molar-refractivity contribution in [1.29, 1.82) is 0 Å². The van der Waals surface area contributed by atoms with E-state index in [4.69, 9.17) is 0 Å². The lowest BCUT2D eigenvalue weighted by molar-refractivity contribution is -0.138. The van der Waals surface area contributed by atoms with Crippen LogP contribution < -0.4 is 14.9 Å². The lowest BCUT2D eigenvalue weighted by Crippen LogP contribution is -2.37. The van der Waals surface area contributed by atoms with Crippen molar-refractivity contribution in [2.45, 2.75) is 23.7 Å². The van der Waals surface area contributed by atoms with Crippen LogP contribution in [0.5, 0.6) is 0 Å². The van der Waals surface area contributed by atoms with Crippen molar-refractivity contribution in [2.24, 2.45) is 0 Å². The summed E-state index contributed by atoms with van der Waals surface area (Å²) in [6.07, 6.45) is -9.39. The molecular formula is C24H21F6N3O3S. The average molecular weight is 546 g/mol. The number of nitrogens with one attached hydrogen (secondary N) is 2. The summed E-state index contributed by atoms with van der Waals surface area (Å²) >= 11 is 0. The van der Waals surface area contributed by atoms with E-state index in [1.165, 1.54) is 36.4 Å². The van der Waals surface area contributed by atoms with E-state index < -0.39 is 39.5 Å². The van der Waals surface area contributed by atoms with Crippen molar-refractivity contribution in [3.63, 3.8) is 0 Å². The Morgan fingerprint density at radius 2 is 1.38 bits per heavy atom. The quantitative estimate of drug-likeness (QED) is 0.264. The van der Waals surface area contributed by atoms with Crippen molar-refractivity contribution < 1.29 is 39.6 Å². The van der Waals surface area contributed by atoms with Gasteiger partial charge in [-0.05, 0) is 55.0 Å². The summed E-state index contributed by atoms with van der Waals surface area (Å²) in [7, 11) is -3.86. The second kappa shape index (κ2) is 11.2. The molecule has 3 aromatic rings. The number of alkyl halides is 6. The van der Waals surface area contributed by atoms with Crippen LogP contribution in [0.3, 0.4) is 0 Å². The van der Waals surface area contributed by atoms with Crippen molar-refractivity contribution >= 4 is 27.4 Å². The Kier molecular flexibility index (Phi) is 8.49. The molecule has 37 heavy (non-hydrogen) atoms. The first-order valence-corrected chi connectivity index (χ1v) is 12.2. The van der Waals surface area contributed by atoms with Gasteiger partial charge in [-0.3, -0.25) is 4.90 Å². The van der Waals surface area contributed by atoms with Gasteiger partial charge in [0.2, 0.25) is 10.0 Å². The van der Waals surface area contributed by atoms with E-state index in [9.17, 15) is 39.6 Å². The van der Waals surface area contributed by atoms with Crippen LogP contribution in [-0.4, -0.2) is 27.5 Å². The number of carbonyl (C=O) groups is 1. The number of benzene rings is 3. The minimum absolute atomic E-state index is 0.00650. The lowest BCUT2D eigenvalue weighted by Gasteiger charge is -2.24. The van der Waals surface area contributed by atoms with Gasteiger partial charge in [0.1, 0.15) is 0 Å². The summed E-state index contributed by atoms with van der Waals surface area (Å²) < 4.78 is 106. The van der Waals surface area contributed by atoms with Crippen LogP contribution in [0.25, 0.3) is 0 Å². The van der Waals surface area contributed by atoms with E-state index in [-0.39, 0.29) is 35.8 Å². The topological polar surface area (TPSA) is 78.5 Å². The van der Waals surface area contributed by atoms with Gasteiger partial charge in [-0.25, -0.2) is 17.9 Å². The first-order chi connectivity index (χ1) is 17.3. The summed E-state index contributed by atoms with van der Waals surface area (Å²) in [5.74, 6) is 0. The second-order valence-electron chi connectivity index (χ2n) is 7.77. The molecule has 0 atom stereocenters. The average Bonchev–Trinajstić information content (AvgIpc) is 2.83. The number of nitrogens with zero attached hydrogens (tertiary/aromatic N) is 1. The molecular weight excluding hydrogens is 524 g/mol. The molecule has 13 heteroatoms. The monoisotopic (exact) mass is 545 g/mol. The Labute approximate surface area is 209 Å². The standard InChI is InChI=1S/C24H21F6N3O3S/c25-23(26,27)17-7-4-9-19(15-17)32-22(34)33(20-10-5-8-18(16-20)24(28,29)30)14-6-13-31-37(35,36)21-11-2-1-3-12-21/h1-5,7-12,15-16,31H,6,13-14H2,(H,32,34). The van der Waals surface area contributed by atoms with Crippen molar-refractivity contribution in [3.05, 3.63) is 90.0 Å². The second-order valence-corrected chi connectivity index (χ2v) is 9.54. The number of halogens is 6. The van der Waals surface area contributed by atoms with Crippen LogP contribution >= 0.6 is 0 Å². The van der Waals surface area contributed by atoms with E-state index >= 15 is 0 Å². The van der Waals surface area contributed by atoms with Crippen molar-refractivity contribution in [2.75, 3.05) is 23.3 Å². The zero-order valence-electron chi connectivity index (χ0n) is 19.0. The van der Waals surface area contributed by atoms with E-state index in [1.807, 2.05) is 0 Å². The molecule has 0 fully saturated rings. The van der Waals surface area contributed by atoms with Crippen LogP contribution in [0, 0.1) is 0 Å². The fourth-order valence-corrected chi connectivity index (χ4v) is 4.38. The van der Waals surface area contributed by atoms with E-state index in [0.717, 1.165) is 35.2 Å². The number of rotatable bonds is 8. The van der Waals surface area contributed by atoms with Crippen molar-refractivity contribution in [3.8, 4) is 0 Å². The summed E-state index contributed by atoms with van der Waals surface area (Å²) in [6.45, 7) is -0.410. The smallest absolute Gasteiger partial charge is 0.308 e. The Bertz CT molecular complexity index is 1330. The number of hydrogen-bond donors (Lipinski definition) is 2. The first-order valence-electron chi connectivity index (χ1n) is 10.8. The highest BCUT2D eigenvalue weighted by Gasteiger charge is 2.32. The van der Waals surface area contributed by atoms with E-state index in [0.29, 0.717) is 6.07 Å².